The number of hydrogen-bond acceptors (Lipinski definition) is 5. The standard InChI is InChI=1S/C23H16FN3O4/c1-25(16-7-3-2-4-8-16)21-20(15-11-13-17(14-12-15)27(30)31)22(28)26(23(21)29)19-10-6-5-9-18(19)24/h2-14H,1H3. The van der Waals surface area contributed by atoms with E-state index in [1.54, 1.807) is 36.2 Å². The van der Waals surface area contributed by atoms with Crippen molar-refractivity contribution < 1.29 is 18.9 Å². The number of non-ortho nitro benzene ring substituents is 1. The van der Waals surface area contributed by atoms with Gasteiger partial charge in [-0.25, -0.2) is 9.29 Å². The van der Waals surface area contributed by atoms with Gasteiger partial charge in [-0.05, 0) is 42.0 Å². The maximum absolute atomic E-state index is 14.5. The SMILES string of the molecule is CN(C1=C(c2ccc([N+](=O)[O-])cc2)C(=O)N(c2ccccc2F)C1=O)c1ccccc1. The smallest absolute Gasteiger partial charge is 0.282 e. The van der Waals surface area contributed by atoms with Crippen LogP contribution in [0.25, 0.3) is 5.57 Å². The molecule has 0 N–H and O–H groups in total. The Morgan fingerprint density at radius 1 is 0.871 bits per heavy atom. The van der Waals surface area contributed by atoms with Crippen LogP contribution >= 0.6 is 0 Å². The molecule has 0 bridgehead atoms. The van der Waals surface area contributed by atoms with Gasteiger partial charge in [0, 0.05) is 24.9 Å². The summed E-state index contributed by atoms with van der Waals surface area (Å²) in [6.45, 7) is 0. The van der Waals surface area contributed by atoms with Gasteiger partial charge in [-0.15, -0.1) is 0 Å². The summed E-state index contributed by atoms with van der Waals surface area (Å²) in [5.74, 6) is -2.10. The molecule has 8 heteroatoms. The first-order valence-corrected chi connectivity index (χ1v) is 9.31. The van der Waals surface area contributed by atoms with E-state index in [4.69, 9.17) is 0 Å². The Bertz CT molecular complexity index is 1220. The molecular formula is C23H16FN3O4. The van der Waals surface area contributed by atoms with Crippen molar-refractivity contribution in [2.75, 3.05) is 16.8 Å². The Balaban J connectivity index is 1.89. The number of nitro benzene ring substituents is 1. The molecule has 2 amide bonds. The van der Waals surface area contributed by atoms with E-state index in [-0.39, 0.29) is 22.6 Å². The van der Waals surface area contributed by atoms with Gasteiger partial charge in [0.2, 0.25) is 0 Å². The lowest BCUT2D eigenvalue weighted by molar-refractivity contribution is -0.384. The third-order valence-corrected chi connectivity index (χ3v) is 5.00. The highest BCUT2D eigenvalue weighted by Crippen LogP contribution is 2.37. The van der Waals surface area contributed by atoms with Gasteiger partial charge >= 0.3 is 0 Å². The summed E-state index contributed by atoms with van der Waals surface area (Å²) in [6, 6.07) is 19.8. The zero-order chi connectivity index (χ0) is 22.1. The van der Waals surface area contributed by atoms with Crippen LogP contribution in [0.3, 0.4) is 0 Å². The molecule has 1 aliphatic heterocycles. The number of anilines is 2. The quantitative estimate of drug-likeness (QED) is 0.354. The monoisotopic (exact) mass is 417 g/mol. The van der Waals surface area contributed by atoms with Gasteiger partial charge in [0.1, 0.15) is 11.5 Å². The number of likely N-dealkylation sites (N-methyl/N-ethyl adjacent to an activating group) is 1. The van der Waals surface area contributed by atoms with Crippen LogP contribution in [0.5, 0.6) is 0 Å². The summed E-state index contributed by atoms with van der Waals surface area (Å²) in [5, 5.41) is 11.0. The van der Waals surface area contributed by atoms with Gasteiger partial charge in [-0.3, -0.25) is 19.7 Å². The van der Waals surface area contributed by atoms with Crippen molar-refractivity contribution >= 4 is 34.4 Å². The van der Waals surface area contributed by atoms with Crippen LogP contribution in [-0.4, -0.2) is 23.8 Å². The molecule has 0 spiro atoms. The van der Waals surface area contributed by atoms with E-state index in [0.717, 1.165) is 4.90 Å². The number of nitro groups is 1. The average Bonchev–Trinajstić information content (AvgIpc) is 3.04. The molecule has 1 aliphatic rings. The van der Waals surface area contributed by atoms with Crippen molar-refractivity contribution in [2.24, 2.45) is 0 Å². The van der Waals surface area contributed by atoms with E-state index in [1.807, 2.05) is 6.07 Å². The molecule has 0 unspecified atom stereocenters. The van der Waals surface area contributed by atoms with E-state index in [9.17, 15) is 24.1 Å². The molecule has 3 aromatic carbocycles. The molecular weight excluding hydrogens is 401 g/mol. The van der Waals surface area contributed by atoms with E-state index in [1.165, 1.54) is 48.5 Å². The molecule has 3 aromatic rings. The van der Waals surface area contributed by atoms with E-state index in [2.05, 4.69) is 0 Å². The number of benzene rings is 3. The maximum Gasteiger partial charge on any atom is 0.282 e. The van der Waals surface area contributed by atoms with Gasteiger partial charge in [0.25, 0.3) is 17.5 Å². The number of carbonyl (C=O) groups excluding carboxylic acids is 2. The number of halogens is 1. The first kappa shape index (κ1) is 20.0. The van der Waals surface area contributed by atoms with Crippen molar-refractivity contribution in [3.8, 4) is 0 Å². The lowest BCUT2D eigenvalue weighted by Gasteiger charge is -2.21. The fourth-order valence-electron chi connectivity index (χ4n) is 3.47. The summed E-state index contributed by atoms with van der Waals surface area (Å²) in [6.07, 6.45) is 0. The molecule has 0 saturated carbocycles. The average molecular weight is 417 g/mol. The molecule has 4 rings (SSSR count). The summed E-state index contributed by atoms with van der Waals surface area (Å²) in [5.41, 5.74) is 0.746. The van der Waals surface area contributed by atoms with Crippen molar-refractivity contribution in [1.82, 2.24) is 0 Å². The second-order valence-corrected chi connectivity index (χ2v) is 6.82. The van der Waals surface area contributed by atoms with Crippen LogP contribution in [0, 0.1) is 15.9 Å². The predicted octanol–water partition coefficient (Wildman–Crippen LogP) is 4.15. The molecule has 0 aliphatic carbocycles. The maximum atomic E-state index is 14.5. The molecule has 1 heterocycles. The zero-order valence-corrected chi connectivity index (χ0v) is 16.4. The largest absolute Gasteiger partial charge is 0.339 e. The van der Waals surface area contributed by atoms with Crippen LogP contribution in [0.2, 0.25) is 0 Å². The van der Waals surface area contributed by atoms with E-state index >= 15 is 0 Å². The van der Waals surface area contributed by atoms with Crippen LogP contribution < -0.4 is 9.80 Å². The lowest BCUT2D eigenvalue weighted by atomic mass is 10.0. The summed E-state index contributed by atoms with van der Waals surface area (Å²) in [4.78, 5) is 39.5. The Kier molecular flexibility index (Phi) is 5.04. The molecule has 0 radical (unpaired) electrons. The van der Waals surface area contributed by atoms with Gasteiger partial charge in [0.05, 0.1) is 16.2 Å². The topological polar surface area (TPSA) is 83.8 Å². The molecule has 31 heavy (non-hydrogen) atoms. The van der Waals surface area contributed by atoms with E-state index in [0.29, 0.717) is 11.3 Å². The zero-order valence-electron chi connectivity index (χ0n) is 16.4. The second-order valence-electron chi connectivity index (χ2n) is 6.82. The number of nitrogens with zero attached hydrogens (tertiary/aromatic N) is 3. The minimum Gasteiger partial charge on any atom is -0.339 e. The third kappa shape index (κ3) is 3.44. The summed E-state index contributed by atoms with van der Waals surface area (Å²) in [7, 11) is 1.63. The fourth-order valence-corrected chi connectivity index (χ4v) is 3.47. The highest BCUT2D eigenvalue weighted by Gasteiger charge is 2.43. The first-order valence-electron chi connectivity index (χ1n) is 9.31. The van der Waals surface area contributed by atoms with Gasteiger partial charge in [-0.2, -0.15) is 0 Å². The van der Waals surface area contributed by atoms with Crippen LogP contribution in [-0.2, 0) is 9.59 Å². The van der Waals surface area contributed by atoms with Gasteiger partial charge < -0.3 is 4.90 Å². The number of carbonyl (C=O) groups is 2. The number of amides is 2. The number of imide groups is 1. The highest BCUT2D eigenvalue weighted by atomic mass is 19.1. The van der Waals surface area contributed by atoms with Crippen molar-refractivity contribution in [2.45, 2.75) is 0 Å². The summed E-state index contributed by atoms with van der Waals surface area (Å²) < 4.78 is 14.5. The minimum absolute atomic E-state index is 0.0366. The molecule has 0 aromatic heterocycles. The van der Waals surface area contributed by atoms with Crippen LogP contribution in [0.4, 0.5) is 21.5 Å². The van der Waals surface area contributed by atoms with Gasteiger partial charge in [0.15, 0.2) is 0 Å². The Hall–Kier alpha value is -4.33. The first-order chi connectivity index (χ1) is 14.9. The van der Waals surface area contributed by atoms with Crippen LogP contribution in [0.1, 0.15) is 5.56 Å². The second kappa shape index (κ2) is 7.83. The van der Waals surface area contributed by atoms with Gasteiger partial charge in [-0.1, -0.05) is 30.3 Å². The highest BCUT2D eigenvalue weighted by molar-refractivity contribution is 6.46. The molecule has 7 nitrogen and oxygen atoms in total. The normalized spacial score (nSPS) is 13.7. The minimum atomic E-state index is -0.712. The lowest BCUT2D eigenvalue weighted by Crippen LogP contribution is -2.34. The number of hydrogen-bond donors (Lipinski definition) is 0. The molecule has 0 atom stereocenters. The fraction of sp³-hybridized carbons (Fsp3) is 0.0435. The van der Waals surface area contributed by atoms with Crippen molar-refractivity contribution in [1.29, 1.82) is 0 Å². The number of para-hydroxylation sites is 2. The predicted molar refractivity (Wildman–Crippen MR) is 114 cm³/mol. The molecule has 0 saturated heterocycles. The molecule has 154 valence electrons. The Morgan fingerprint density at radius 2 is 1.48 bits per heavy atom. The Labute approximate surface area is 176 Å². The Morgan fingerprint density at radius 3 is 2.10 bits per heavy atom. The third-order valence-electron chi connectivity index (χ3n) is 5.00. The number of rotatable bonds is 5. The van der Waals surface area contributed by atoms with Crippen molar-refractivity contribution in [3.63, 3.8) is 0 Å². The van der Waals surface area contributed by atoms with Crippen LogP contribution in [0.15, 0.2) is 84.6 Å². The van der Waals surface area contributed by atoms with Crippen molar-refractivity contribution in [3.05, 3.63) is 106 Å². The van der Waals surface area contributed by atoms with E-state index < -0.39 is 22.6 Å². The molecule has 0 fully saturated rings. The summed E-state index contributed by atoms with van der Waals surface area (Å²) >= 11 is 0.